The van der Waals surface area contributed by atoms with E-state index in [9.17, 15) is 4.39 Å². The van der Waals surface area contributed by atoms with Crippen LogP contribution in [0.3, 0.4) is 0 Å². The third kappa shape index (κ3) is 6.16. The van der Waals surface area contributed by atoms with Crippen molar-refractivity contribution in [3.05, 3.63) is 29.6 Å². The average Bonchev–Trinajstić information content (AvgIpc) is 2.56. The highest BCUT2D eigenvalue weighted by Gasteiger charge is 2.20. The minimum atomic E-state index is -0.0985. The predicted octanol–water partition coefficient (Wildman–Crippen LogP) is 6.54. The summed E-state index contributed by atoms with van der Waals surface area (Å²) in [6, 6.07) is 5.40. The van der Waals surface area contributed by atoms with Crippen molar-refractivity contribution in [3.63, 3.8) is 0 Å². The van der Waals surface area contributed by atoms with Crippen LogP contribution in [0, 0.1) is 17.7 Å². The fourth-order valence-corrected chi connectivity index (χ4v) is 3.73. The summed E-state index contributed by atoms with van der Waals surface area (Å²) in [7, 11) is 0. The van der Waals surface area contributed by atoms with Crippen LogP contribution in [0.15, 0.2) is 18.2 Å². The standard InChI is InChI=1S/C21H33FO/c1-3-5-15-23-20-14-13-19(21(22)16-20)12-11-18-9-7-17(6-4-2)8-10-18/h13-14,16-18H,3-12,15H2,1-2H3/t17-,18-. The second-order valence-electron chi connectivity index (χ2n) is 7.17. The normalized spacial score (nSPS) is 21.3. The second kappa shape index (κ2) is 9.95. The molecule has 0 atom stereocenters. The van der Waals surface area contributed by atoms with Crippen LogP contribution in [-0.2, 0) is 6.42 Å². The molecule has 1 aromatic carbocycles. The highest BCUT2D eigenvalue weighted by Crippen LogP contribution is 2.34. The number of hydrogen-bond acceptors (Lipinski definition) is 1. The molecule has 0 unspecified atom stereocenters. The van der Waals surface area contributed by atoms with Gasteiger partial charge in [0.1, 0.15) is 11.6 Å². The molecule has 130 valence electrons. The maximum Gasteiger partial charge on any atom is 0.130 e. The molecule has 2 rings (SSSR count). The van der Waals surface area contributed by atoms with E-state index in [2.05, 4.69) is 13.8 Å². The monoisotopic (exact) mass is 320 g/mol. The molecule has 0 bridgehead atoms. The summed E-state index contributed by atoms with van der Waals surface area (Å²) >= 11 is 0. The van der Waals surface area contributed by atoms with Crippen LogP contribution in [0.25, 0.3) is 0 Å². The fourth-order valence-electron chi connectivity index (χ4n) is 3.73. The van der Waals surface area contributed by atoms with Crippen LogP contribution in [0.5, 0.6) is 5.75 Å². The molecule has 0 aromatic heterocycles. The molecule has 0 radical (unpaired) electrons. The molecule has 1 aliphatic carbocycles. The van der Waals surface area contributed by atoms with Gasteiger partial charge in [-0.1, -0.05) is 64.9 Å². The molecule has 1 aromatic rings. The Morgan fingerprint density at radius 2 is 1.70 bits per heavy atom. The van der Waals surface area contributed by atoms with Crippen LogP contribution in [-0.4, -0.2) is 6.61 Å². The van der Waals surface area contributed by atoms with Crippen LogP contribution >= 0.6 is 0 Å². The van der Waals surface area contributed by atoms with Crippen molar-refractivity contribution in [3.8, 4) is 5.75 Å². The Kier molecular flexibility index (Phi) is 7.91. The highest BCUT2D eigenvalue weighted by molar-refractivity contribution is 5.29. The van der Waals surface area contributed by atoms with Gasteiger partial charge in [0.15, 0.2) is 0 Å². The lowest BCUT2D eigenvalue weighted by atomic mass is 9.78. The van der Waals surface area contributed by atoms with Crippen molar-refractivity contribution in [1.82, 2.24) is 0 Å². The summed E-state index contributed by atoms with van der Waals surface area (Å²) in [5.41, 5.74) is 0.850. The molecule has 1 saturated carbocycles. The van der Waals surface area contributed by atoms with Gasteiger partial charge in [-0.25, -0.2) is 4.39 Å². The molecule has 2 heteroatoms. The predicted molar refractivity (Wildman–Crippen MR) is 95.5 cm³/mol. The van der Waals surface area contributed by atoms with E-state index in [1.807, 2.05) is 12.1 Å². The zero-order valence-corrected chi connectivity index (χ0v) is 15.0. The van der Waals surface area contributed by atoms with Gasteiger partial charge in [-0.3, -0.25) is 0 Å². The second-order valence-corrected chi connectivity index (χ2v) is 7.17. The molecule has 0 aliphatic heterocycles. The topological polar surface area (TPSA) is 9.23 Å². The zero-order valence-electron chi connectivity index (χ0n) is 15.0. The zero-order chi connectivity index (χ0) is 16.5. The quantitative estimate of drug-likeness (QED) is 0.469. The Morgan fingerprint density at radius 3 is 2.30 bits per heavy atom. The van der Waals surface area contributed by atoms with E-state index in [1.165, 1.54) is 38.5 Å². The highest BCUT2D eigenvalue weighted by atomic mass is 19.1. The van der Waals surface area contributed by atoms with Gasteiger partial charge in [0, 0.05) is 6.07 Å². The minimum absolute atomic E-state index is 0.0985. The SMILES string of the molecule is CCCCOc1ccc(CC[C@H]2CC[C@H](CCC)CC2)c(F)c1. The molecule has 1 nitrogen and oxygen atoms in total. The number of benzene rings is 1. The van der Waals surface area contributed by atoms with Crippen LogP contribution in [0.2, 0.25) is 0 Å². The maximum atomic E-state index is 14.2. The van der Waals surface area contributed by atoms with E-state index in [-0.39, 0.29) is 5.82 Å². The molecule has 0 spiro atoms. The summed E-state index contributed by atoms with van der Waals surface area (Å²) in [5.74, 6) is 2.31. The molecule has 23 heavy (non-hydrogen) atoms. The number of halogens is 1. The number of hydrogen-bond donors (Lipinski definition) is 0. The van der Waals surface area contributed by atoms with Crippen molar-refractivity contribution >= 4 is 0 Å². The summed E-state index contributed by atoms with van der Waals surface area (Å²) in [6.45, 7) is 5.09. The van der Waals surface area contributed by atoms with Gasteiger partial charge < -0.3 is 4.74 Å². The first kappa shape index (κ1) is 18.3. The summed E-state index contributed by atoms with van der Waals surface area (Å²) < 4.78 is 19.8. The van der Waals surface area contributed by atoms with E-state index < -0.39 is 0 Å². The Hall–Kier alpha value is -1.05. The molecule has 0 N–H and O–H groups in total. The smallest absolute Gasteiger partial charge is 0.130 e. The third-order valence-corrected chi connectivity index (χ3v) is 5.28. The van der Waals surface area contributed by atoms with Gasteiger partial charge in [0.05, 0.1) is 6.61 Å². The number of unbranched alkanes of at least 4 members (excludes halogenated alkanes) is 1. The van der Waals surface area contributed by atoms with Crippen LogP contribution in [0.1, 0.15) is 77.2 Å². The van der Waals surface area contributed by atoms with E-state index in [0.29, 0.717) is 12.4 Å². The first-order valence-corrected chi connectivity index (χ1v) is 9.64. The molecular weight excluding hydrogens is 287 g/mol. The van der Waals surface area contributed by atoms with Crippen molar-refractivity contribution in [1.29, 1.82) is 0 Å². The molecule has 0 heterocycles. The van der Waals surface area contributed by atoms with Crippen molar-refractivity contribution in [2.45, 2.75) is 78.1 Å². The molecule has 0 amide bonds. The Morgan fingerprint density at radius 1 is 1.00 bits per heavy atom. The van der Waals surface area contributed by atoms with Gasteiger partial charge in [-0.15, -0.1) is 0 Å². The van der Waals surface area contributed by atoms with Crippen molar-refractivity contribution in [2.75, 3.05) is 6.61 Å². The van der Waals surface area contributed by atoms with Gasteiger partial charge in [0.2, 0.25) is 0 Å². The van der Waals surface area contributed by atoms with Crippen molar-refractivity contribution in [2.24, 2.45) is 11.8 Å². The molecular formula is C21H33FO. The van der Waals surface area contributed by atoms with Gasteiger partial charge in [0.25, 0.3) is 0 Å². The van der Waals surface area contributed by atoms with Gasteiger partial charge in [-0.2, -0.15) is 0 Å². The number of ether oxygens (including phenoxy) is 1. The van der Waals surface area contributed by atoms with E-state index >= 15 is 0 Å². The first-order valence-electron chi connectivity index (χ1n) is 9.64. The van der Waals surface area contributed by atoms with E-state index in [1.54, 1.807) is 6.07 Å². The van der Waals surface area contributed by atoms with Gasteiger partial charge >= 0.3 is 0 Å². The van der Waals surface area contributed by atoms with E-state index in [0.717, 1.165) is 43.1 Å². The fraction of sp³-hybridized carbons (Fsp3) is 0.714. The number of rotatable bonds is 9. The Bertz CT molecular complexity index is 449. The lowest BCUT2D eigenvalue weighted by Crippen LogP contribution is -2.15. The molecule has 1 aliphatic rings. The molecule has 0 saturated heterocycles. The number of aryl methyl sites for hydroxylation is 1. The summed E-state index contributed by atoms with van der Waals surface area (Å²) in [6.07, 6.45) is 12.3. The van der Waals surface area contributed by atoms with Crippen LogP contribution < -0.4 is 4.74 Å². The first-order chi connectivity index (χ1) is 11.2. The van der Waals surface area contributed by atoms with Gasteiger partial charge in [-0.05, 0) is 42.7 Å². The average molecular weight is 320 g/mol. The third-order valence-electron chi connectivity index (χ3n) is 5.28. The maximum absolute atomic E-state index is 14.2. The summed E-state index contributed by atoms with van der Waals surface area (Å²) in [5, 5.41) is 0. The Labute approximate surface area is 141 Å². The lowest BCUT2D eigenvalue weighted by molar-refractivity contribution is 0.252. The largest absolute Gasteiger partial charge is 0.493 e. The molecule has 1 fully saturated rings. The minimum Gasteiger partial charge on any atom is -0.493 e. The van der Waals surface area contributed by atoms with E-state index in [4.69, 9.17) is 4.74 Å². The summed E-state index contributed by atoms with van der Waals surface area (Å²) in [4.78, 5) is 0. The lowest BCUT2D eigenvalue weighted by Gasteiger charge is -2.28. The van der Waals surface area contributed by atoms with Crippen LogP contribution in [0.4, 0.5) is 4.39 Å². The Balaban J connectivity index is 1.75. The van der Waals surface area contributed by atoms with Crippen molar-refractivity contribution < 1.29 is 9.13 Å².